The first kappa shape index (κ1) is 32.5. The van der Waals surface area contributed by atoms with Crippen LogP contribution in [0, 0.1) is 5.82 Å². The number of aryl methyl sites for hydroxylation is 2. The zero-order valence-corrected chi connectivity index (χ0v) is 26.4. The van der Waals surface area contributed by atoms with Crippen LogP contribution in [0.15, 0.2) is 71.8 Å². The average Bonchev–Trinajstić information content (AvgIpc) is 3.08. The number of methoxy groups -OCH3 is 1. The van der Waals surface area contributed by atoms with Crippen LogP contribution in [0.1, 0.15) is 30.4 Å². The molecule has 2 aliphatic rings. The van der Waals surface area contributed by atoms with Gasteiger partial charge in [-0.15, -0.1) is 0 Å². The minimum Gasteiger partial charge on any atom is -0.493 e. The van der Waals surface area contributed by atoms with Crippen molar-refractivity contribution in [2.24, 2.45) is 0 Å². The van der Waals surface area contributed by atoms with Gasteiger partial charge >= 0.3 is 0 Å². The molecule has 4 aromatic rings. The number of para-hydroxylation sites is 1. The van der Waals surface area contributed by atoms with Crippen LogP contribution < -0.4 is 30.4 Å². The molecule has 2 N–H and O–H groups in total. The monoisotopic (exact) mass is 657 g/mol. The molecule has 3 amide bonds. The lowest BCUT2D eigenvalue weighted by Crippen LogP contribution is -2.58. The molecular weight excluding hydrogens is 621 g/mol. The van der Waals surface area contributed by atoms with Crippen LogP contribution in [0.2, 0.25) is 0 Å². The number of fused-ring (bicyclic) bond motifs is 6. The number of piperidine rings is 1. The fourth-order valence-corrected chi connectivity index (χ4v) is 5.97. The number of likely N-dealkylation sites (tertiary alicyclic amines) is 1. The molecule has 13 heteroatoms. The number of hydrogen-bond donors (Lipinski definition) is 2. The number of halogens is 1. The Morgan fingerprint density at radius 1 is 1.04 bits per heavy atom. The molecule has 48 heavy (non-hydrogen) atoms. The van der Waals surface area contributed by atoms with Gasteiger partial charge in [0.2, 0.25) is 11.8 Å². The molecule has 1 aromatic heterocycles. The molecule has 2 aliphatic heterocycles. The number of amides is 3. The van der Waals surface area contributed by atoms with E-state index in [2.05, 4.69) is 15.6 Å². The molecular formula is C35H36FN5O7. The summed E-state index contributed by atoms with van der Waals surface area (Å²) < 4.78 is 33.5. The van der Waals surface area contributed by atoms with Crippen molar-refractivity contribution in [2.45, 2.75) is 50.9 Å². The summed E-state index contributed by atoms with van der Waals surface area (Å²) in [6.07, 6.45) is 1.83. The Morgan fingerprint density at radius 2 is 1.90 bits per heavy atom. The van der Waals surface area contributed by atoms with Crippen molar-refractivity contribution in [1.82, 2.24) is 25.1 Å². The van der Waals surface area contributed by atoms with Gasteiger partial charge in [-0.25, -0.2) is 9.37 Å². The summed E-state index contributed by atoms with van der Waals surface area (Å²) in [5.74, 6) is -0.376. The second-order valence-corrected chi connectivity index (χ2v) is 11.8. The predicted molar refractivity (Wildman–Crippen MR) is 173 cm³/mol. The molecule has 1 saturated heterocycles. The van der Waals surface area contributed by atoms with E-state index in [4.69, 9.17) is 14.2 Å². The van der Waals surface area contributed by atoms with Gasteiger partial charge in [0, 0.05) is 51.5 Å². The second-order valence-electron chi connectivity index (χ2n) is 11.8. The van der Waals surface area contributed by atoms with Crippen molar-refractivity contribution in [3.8, 4) is 17.2 Å². The summed E-state index contributed by atoms with van der Waals surface area (Å²) in [7, 11) is 1.49. The first-order valence-corrected chi connectivity index (χ1v) is 15.8. The van der Waals surface area contributed by atoms with Crippen LogP contribution in [0.25, 0.3) is 10.9 Å². The van der Waals surface area contributed by atoms with E-state index < -0.39 is 23.9 Å². The third kappa shape index (κ3) is 7.73. The maximum atomic E-state index is 14.6. The van der Waals surface area contributed by atoms with E-state index in [1.54, 1.807) is 47.4 Å². The lowest BCUT2D eigenvalue weighted by atomic mass is 10.0. The van der Waals surface area contributed by atoms with Gasteiger partial charge in [0.25, 0.3) is 11.5 Å². The van der Waals surface area contributed by atoms with Gasteiger partial charge in [-0.2, -0.15) is 0 Å². The zero-order chi connectivity index (χ0) is 33.6. The highest BCUT2D eigenvalue weighted by Gasteiger charge is 2.34. The minimum atomic E-state index is -0.664. The smallest absolute Gasteiger partial charge is 0.261 e. The van der Waals surface area contributed by atoms with E-state index in [-0.39, 0.29) is 62.2 Å². The van der Waals surface area contributed by atoms with Crippen molar-refractivity contribution in [1.29, 1.82) is 0 Å². The first-order valence-electron chi connectivity index (χ1n) is 15.8. The molecule has 250 valence electrons. The number of nitrogens with zero attached hydrogens (tertiary/aromatic N) is 3. The molecule has 3 heterocycles. The van der Waals surface area contributed by atoms with Gasteiger partial charge in [-0.05, 0) is 53.9 Å². The Balaban J connectivity index is 1.20. The molecule has 6 rings (SSSR count). The molecule has 0 radical (unpaired) electrons. The summed E-state index contributed by atoms with van der Waals surface area (Å²) in [4.78, 5) is 58.1. The Morgan fingerprint density at radius 3 is 2.75 bits per heavy atom. The van der Waals surface area contributed by atoms with E-state index in [0.29, 0.717) is 47.4 Å². The normalized spacial score (nSPS) is 18.7. The average molecular weight is 658 g/mol. The number of hydrogen-bond acceptors (Lipinski definition) is 8. The number of ether oxygens (including phenoxy) is 3. The molecule has 1 fully saturated rings. The third-order valence-electron chi connectivity index (χ3n) is 8.48. The topological polar surface area (TPSA) is 141 Å². The Bertz CT molecular complexity index is 1900. The van der Waals surface area contributed by atoms with Crippen LogP contribution in [0.5, 0.6) is 17.2 Å². The minimum absolute atomic E-state index is 0.0460. The summed E-state index contributed by atoms with van der Waals surface area (Å²) in [5.41, 5.74) is 1.69. The summed E-state index contributed by atoms with van der Waals surface area (Å²) >= 11 is 0. The standard InChI is InChI=1S/C35H36FN5O7/c1-46-30-8-6-22-7-9-32(42)37-18-23-14-24(36)17-25(15-23)48-29-10-12-40(19-28(29)39-33(43)20-47-31(30)16-22)34(44)11-13-41-21-38-27-5-3-2-4-26(27)35(41)45/h2-6,8,14-17,21,28-29H,7,9-13,18-20H2,1H3,(H,37,42)(H,39,43)/t28-,29-/m1/s1. The molecule has 12 nitrogen and oxygen atoms in total. The number of benzene rings is 3. The zero-order valence-electron chi connectivity index (χ0n) is 26.4. The highest BCUT2D eigenvalue weighted by Crippen LogP contribution is 2.29. The molecule has 0 spiro atoms. The lowest BCUT2D eigenvalue weighted by molar-refractivity contribution is -0.135. The van der Waals surface area contributed by atoms with Crippen molar-refractivity contribution >= 4 is 28.6 Å². The van der Waals surface area contributed by atoms with E-state index in [1.807, 2.05) is 6.07 Å². The largest absolute Gasteiger partial charge is 0.493 e. The van der Waals surface area contributed by atoms with E-state index in [9.17, 15) is 23.6 Å². The molecule has 4 bridgehead atoms. The predicted octanol–water partition coefficient (Wildman–Crippen LogP) is 2.74. The van der Waals surface area contributed by atoms with Gasteiger partial charge in [0.05, 0.1) is 30.4 Å². The van der Waals surface area contributed by atoms with Gasteiger partial charge in [0.1, 0.15) is 17.7 Å². The SMILES string of the molecule is COc1ccc2cc1OCC(=O)N[C@@H]1CN(C(=O)CCn3cnc4ccccc4c3=O)CC[C@H]1Oc1cc(F)cc(c1)CNC(=O)CC2. The van der Waals surface area contributed by atoms with E-state index in [1.165, 1.54) is 30.1 Å². The van der Waals surface area contributed by atoms with Gasteiger partial charge < -0.3 is 29.7 Å². The molecule has 0 aliphatic carbocycles. The number of rotatable bonds is 4. The lowest BCUT2D eigenvalue weighted by Gasteiger charge is -2.39. The summed E-state index contributed by atoms with van der Waals surface area (Å²) in [5, 5.41) is 6.24. The van der Waals surface area contributed by atoms with Crippen molar-refractivity contribution in [2.75, 3.05) is 26.8 Å². The first-order chi connectivity index (χ1) is 23.2. The Labute approximate surface area is 275 Å². The van der Waals surface area contributed by atoms with Crippen LogP contribution in [-0.4, -0.2) is 71.1 Å². The van der Waals surface area contributed by atoms with Crippen LogP contribution in [0.3, 0.4) is 0 Å². The van der Waals surface area contributed by atoms with Gasteiger partial charge in [-0.3, -0.25) is 23.7 Å². The number of carbonyl (C=O) groups is 3. The number of aromatic nitrogens is 2. The van der Waals surface area contributed by atoms with Gasteiger partial charge in [0.15, 0.2) is 18.1 Å². The highest BCUT2D eigenvalue weighted by molar-refractivity contribution is 5.79. The number of carbonyl (C=O) groups excluding carboxylic acids is 3. The molecule has 3 aromatic carbocycles. The summed E-state index contributed by atoms with van der Waals surface area (Å²) in [6, 6.07) is 15.8. The van der Waals surface area contributed by atoms with Crippen molar-refractivity contribution < 1.29 is 33.0 Å². The van der Waals surface area contributed by atoms with Crippen LogP contribution in [0.4, 0.5) is 4.39 Å². The Kier molecular flexibility index (Phi) is 9.83. The third-order valence-corrected chi connectivity index (χ3v) is 8.48. The maximum absolute atomic E-state index is 14.6. The molecule has 0 unspecified atom stereocenters. The highest BCUT2D eigenvalue weighted by atomic mass is 19.1. The fraction of sp³-hybridized carbons (Fsp3) is 0.343. The van der Waals surface area contributed by atoms with Crippen LogP contribution in [-0.2, 0) is 33.9 Å². The van der Waals surface area contributed by atoms with Crippen LogP contribution >= 0.6 is 0 Å². The quantitative estimate of drug-likeness (QED) is 0.342. The fourth-order valence-electron chi connectivity index (χ4n) is 5.97. The van der Waals surface area contributed by atoms with Gasteiger partial charge in [-0.1, -0.05) is 18.2 Å². The second kappa shape index (κ2) is 14.5. The number of nitrogens with one attached hydrogen (secondary N) is 2. The maximum Gasteiger partial charge on any atom is 0.261 e. The van der Waals surface area contributed by atoms with Crippen molar-refractivity contribution in [3.05, 3.63) is 94.3 Å². The Hall–Kier alpha value is -5.46. The van der Waals surface area contributed by atoms with Crippen molar-refractivity contribution in [3.63, 3.8) is 0 Å². The van der Waals surface area contributed by atoms with E-state index in [0.717, 1.165) is 5.56 Å². The molecule has 0 saturated carbocycles. The summed E-state index contributed by atoms with van der Waals surface area (Å²) in [6.45, 7) is 0.337. The molecule has 2 atom stereocenters. The van der Waals surface area contributed by atoms with E-state index >= 15 is 0 Å².